The monoisotopic (exact) mass is 505 g/mol. The van der Waals surface area contributed by atoms with Crippen LogP contribution in [0.25, 0.3) is 33.4 Å². The van der Waals surface area contributed by atoms with Crippen molar-refractivity contribution in [2.24, 2.45) is 4.99 Å². The van der Waals surface area contributed by atoms with Gasteiger partial charge in [-0.15, -0.1) is 24.0 Å². The molecule has 2 heterocycles. The molecular weight excluding hydrogens is 487 g/mol. The lowest BCUT2D eigenvalue weighted by atomic mass is 9.82. The van der Waals surface area contributed by atoms with Crippen molar-refractivity contribution >= 4 is 47.7 Å². The van der Waals surface area contributed by atoms with Gasteiger partial charge in [-0.25, -0.2) is 4.99 Å². The molecular formula is C29H19N3S3. The molecule has 6 rings (SSSR count). The molecule has 0 unspecified atom stereocenters. The van der Waals surface area contributed by atoms with Crippen molar-refractivity contribution in [2.75, 3.05) is 0 Å². The molecule has 0 saturated carbocycles. The van der Waals surface area contributed by atoms with Crippen LogP contribution in [0.5, 0.6) is 0 Å². The van der Waals surface area contributed by atoms with Gasteiger partial charge in [0.1, 0.15) is 0 Å². The van der Waals surface area contributed by atoms with E-state index in [4.69, 9.17) is 22.6 Å². The average Bonchev–Trinajstić information content (AvgIpc) is 3.42. The Balaban J connectivity index is 1.78. The molecule has 2 N–H and O–H groups in total. The highest BCUT2D eigenvalue weighted by Gasteiger charge is 2.32. The fraction of sp³-hybridized carbons (Fsp3) is 0. The summed E-state index contributed by atoms with van der Waals surface area (Å²) in [6.45, 7) is 0. The number of hydrogen-bond donors (Lipinski definition) is 3. The van der Waals surface area contributed by atoms with Crippen molar-refractivity contribution in [3.63, 3.8) is 0 Å². The zero-order valence-electron chi connectivity index (χ0n) is 18.4. The van der Waals surface area contributed by atoms with Gasteiger partial charge in [-0.3, -0.25) is 5.41 Å². The van der Waals surface area contributed by atoms with Gasteiger partial charge in [0.2, 0.25) is 0 Å². The first-order valence-electron chi connectivity index (χ1n) is 11.1. The molecule has 1 aromatic heterocycles. The number of thiazole rings is 1. The Morgan fingerprint density at radius 1 is 0.714 bits per heavy atom. The van der Waals surface area contributed by atoms with Gasteiger partial charge in [0.15, 0.2) is 9.79 Å². The van der Waals surface area contributed by atoms with E-state index in [1.807, 2.05) is 42.5 Å². The lowest BCUT2D eigenvalue weighted by molar-refractivity contribution is 1.19. The molecule has 4 aromatic carbocycles. The third-order valence-corrected chi connectivity index (χ3v) is 7.83. The number of benzene rings is 4. The second kappa shape index (κ2) is 8.89. The van der Waals surface area contributed by atoms with E-state index in [1.165, 1.54) is 11.3 Å². The van der Waals surface area contributed by atoms with Gasteiger partial charge in [-0.1, -0.05) is 91.0 Å². The number of nitrogens with one attached hydrogen (secondary N) is 2. The number of hydrogen-bond acceptors (Lipinski definition) is 4. The molecule has 0 amide bonds. The number of aromatic amines is 1. The number of thiol groups is 1. The van der Waals surface area contributed by atoms with Crippen LogP contribution in [-0.2, 0) is 0 Å². The predicted molar refractivity (Wildman–Crippen MR) is 152 cm³/mol. The smallest absolute Gasteiger partial charge is 0.159 e. The molecule has 5 aromatic rings. The van der Waals surface area contributed by atoms with Crippen molar-refractivity contribution in [3.05, 3.63) is 117 Å². The second-order valence-electron chi connectivity index (χ2n) is 8.20. The summed E-state index contributed by atoms with van der Waals surface area (Å²) < 4.78 is 0.636. The molecule has 6 heteroatoms. The number of H-pyrrole nitrogens is 1. The van der Waals surface area contributed by atoms with Gasteiger partial charge in [0.25, 0.3) is 0 Å². The van der Waals surface area contributed by atoms with Crippen LogP contribution < -0.4 is 0 Å². The second-order valence-corrected chi connectivity index (χ2v) is 10.3. The van der Waals surface area contributed by atoms with E-state index < -0.39 is 0 Å². The highest BCUT2D eigenvalue weighted by Crippen LogP contribution is 2.45. The first-order chi connectivity index (χ1) is 17.1. The number of amidine groups is 1. The van der Waals surface area contributed by atoms with Crippen molar-refractivity contribution in [1.29, 1.82) is 5.41 Å². The molecule has 0 saturated heterocycles. The topological polar surface area (TPSA) is 52.0 Å². The minimum atomic E-state index is 0.248. The van der Waals surface area contributed by atoms with E-state index in [2.05, 4.69) is 72.2 Å². The van der Waals surface area contributed by atoms with Gasteiger partial charge in [-0.2, -0.15) is 0 Å². The van der Waals surface area contributed by atoms with Crippen LogP contribution in [0.4, 0.5) is 0 Å². The van der Waals surface area contributed by atoms with E-state index >= 15 is 0 Å². The van der Waals surface area contributed by atoms with E-state index in [0.29, 0.717) is 8.98 Å². The molecule has 168 valence electrons. The Hall–Kier alpha value is -3.58. The molecule has 0 bridgehead atoms. The van der Waals surface area contributed by atoms with Gasteiger partial charge in [-0.05, 0) is 51.7 Å². The largest absolute Gasteiger partial charge is 0.332 e. The minimum absolute atomic E-state index is 0.248. The quantitative estimate of drug-likeness (QED) is 0.167. The summed E-state index contributed by atoms with van der Waals surface area (Å²) in [4.78, 5) is 8.78. The molecule has 1 aliphatic heterocycles. The van der Waals surface area contributed by atoms with Gasteiger partial charge >= 0.3 is 0 Å². The molecule has 0 atom stereocenters. The molecule has 1 aliphatic rings. The van der Waals surface area contributed by atoms with Crippen LogP contribution in [0.2, 0.25) is 0 Å². The van der Waals surface area contributed by atoms with E-state index in [9.17, 15) is 0 Å². The molecule has 3 nitrogen and oxygen atoms in total. The normalized spacial score (nSPS) is 12.5. The summed E-state index contributed by atoms with van der Waals surface area (Å²) in [6, 6.07) is 33.2. The first kappa shape index (κ1) is 21.9. The van der Waals surface area contributed by atoms with Crippen LogP contribution in [0.15, 0.2) is 107 Å². The van der Waals surface area contributed by atoms with Crippen LogP contribution in [0.1, 0.15) is 16.0 Å². The maximum atomic E-state index is 8.97. The Kier molecular flexibility index (Phi) is 5.57. The molecule has 0 spiro atoms. The molecule has 0 aliphatic carbocycles. The Labute approximate surface area is 217 Å². The highest BCUT2D eigenvalue weighted by molar-refractivity contribution is 7.80. The third kappa shape index (κ3) is 3.80. The van der Waals surface area contributed by atoms with Crippen LogP contribution >= 0.6 is 36.2 Å². The summed E-state index contributed by atoms with van der Waals surface area (Å²) in [6.07, 6.45) is 0. The van der Waals surface area contributed by atoms with Gasteiger partial charge < -0.3 is 4.98 Å². The number of nitrogens with zero attached hydrogens (tertiary/aromatic N) is 1. The number of aliphatic imine (C=N–C) groups is 1. The van der Waals surface area contributed by atoms with Crippen molar-refractivity contribution in [2.45, 2.75) is 5.03 Å². The van der Waals surface area contributed by atoms with E-state index in [1.54, 1.807) is 0 Å². The zero-order chi connectivity index (χ0) is 23.9. The van der Waals surface area contributed by atoms with Gasteiger partial charge in [0.05, 0.1) is 15.6 Å². The van der Waals surface area contributed by atoms with Crippen LogP contribution in [-0.4, -0.2) is 16.5 Å². The average molecular weight is 506 g/mol. The maximum Gasteiger partial charge on any atom is 0.159 e. The SMILES string of the molecule is N=C1N=C(c2sc(=S)[nH]c2S)c2c1c(-c1ccccc1)cc(-c1ccccc1)c2-c1ccccc1. The minimum Gasteiger partial charge on any atom is -0.332 e. The molecule has 0 radical (unpaired) electrons. The number of aromatic nitrogens is 1. The summed E-state index contributed by atoms with van der Waals surface area (Å²) in [7, 11) is 0. The number of fused-ring (bicyclic) bond motifs is 1. The Bertz CT molecular complexity index is 1670. The van der Waals surface area contributed by atoms with E-state index in [0.717, 1.165) is 55.1 Å². The summed E-state index contributed by atoms with van der Waals surface area (Å²) in [5.41, 5.74) is 8.88. The lowest BCUT2D eigenvalue weighted by Gasteiger charge is -2.20. The summed E-state index contributed by atoms with van der Waals surface area (Å²) >= 11 is 11.5. The van der Waals surface area contributed by atoms with Crippen molar-refractivity contribution < 1.29 is 0 Å². The summed E-state index contributed by atoms with van der Waals surface area (Å²) in [5, 5.41) is 9.64. The lowest BCUT2D eigenvalue weighted by Crippen LogP contribution is -2.06. The Morgan fingerprint density at radius 3 is 1.74 bits per heavy atom. The van der Waals surface area contributed by atoms with Crippen LogP contribution in [0.3, 0.4) is 0 Å². The first-order valence-corrected chi connectivity index (χ1v) is 12.8. The fourth-order valence-corrected chi connectivity index (χ4v) is 6.22. The Morgan fingerprint density at radius 2 is 1.23 bits per heavy atom. The predicted octanol–water partition coefficient (Wildman–Crippen LogP) is 8.27. The van der Waals surface area contributed by atoms with Crippen molar-refractivity contribution in [1.82, 2.24) is 4.98 Å². The highest BCUT2D eigenvalue weighted by atomic mass is 32.1. The summed E-state index contributed by atoms with van der Waals surface area (Å²) in [5.74, 6) is 0.248. The van der Waals surface area contributed by atoms with Crippen molar-refractivity contribution in [3.8, 4) is 33.4 Å². The zero-order valence-corrected chi connectivity index (χ0v) is 21.0. The van der Waals surface area contributed by atoms with Gasteiger partial charge in [0, 0.05) is 11.1 Å². The van der Waals surface area contributed by atoms with E-state index in [-0.39, 0.29) is 5.84 Å². The van der Waals surface area contributed by atoms with Crippen LogP contribution in [0, 0.1) is 9.36 Å². The fourth-order valence-electron chi connectivity index (χ4n) is 4.63. The standard InChI is InChI=1S/C29H19N3S3/c30-27-23-21(18-12-6-2-7-13-18)16-20(17-10-4-1-5-11-17)22(19-14-8-3-9-15-19)24(23)25(31-27)26-28(33)32-29(34)35-26/h1-16,30,33H,(H,32,34). The maximum absolute atomic E-state index is 8.97. The molecule has 35 heavy (non-hydrogen) atoms. The third-order valence-electron chi connectivity index (χ3n) is 6.10. The molecule has 0 fully saturated rings. The number of rotatable bonds is 4.